The van der Waals surface area contributed by atoms with E-state index in [4.69, 9.17) is 15.8 Å². The Morgan fingerprint density at radius 3 is 2.70 bits per heavy atom. The number of rotatable bonds is 10. The van der Waals surface area contributed by atoms with Crippen molar-refractivity contribution < 1.29 is 10.0 Å². The van der Waals surface area contributed by atoms with E-state index in [1.807, 2.05) is 25.9 Å². The zero-order valence-electron chi connectivity index (χ0n) is 17.9. The third kappa shape index (κ3) is 5.15. The standard InChI is InChI=1S/C19H31N9O2/c1-12-8-14(30-26-12)10-27(3)11-28(4)15-17(21-2)23-19(16(20)25-29)24-18(15)22-9-13-6-5-7-13/h13-14,29H,2,5-11H2,1,3-4H3,(H2,20,25)(H,22,23,24). The number of nitrogens with two attached hydrogens (primary N) is 1. The number of anilines is 2. The number of aromatic nitrogens is 2. The van der Waals surface area contributed by atoms with Crippen LogP contribution in [0.2, 0.25) is 0 Å². The maximum atomic E-state index is 9.04. The summed E-state index contributed by atoms with van der Waals surface area (Å²) in [4.78, 5) is 22.5. The van der Waals surface area contributed by atoms with Gasteiger partial charge in [0.2, 0.25) is 11.7 Å². The van der Waals surface area contributed by atoms with Crippen LogP contribution in [0.5, 0.6) is 0 Å². The summed E-state index contributed by atoms with van der Waals surface area (Å²) >= 11 is 0. The summed E-state index contributed by atoms with van der Waals surface area (Å²) < 4.78 is 0. The summed E-state index contributed by atoms with van der Waals surface area (Å²) in [6.45, 7) is 7.73. The third-order valence-corrected chi connectivity index (χ3v) is 5.37. The number of hydrogen-bond acceptors (Lipinski definition) is 10. The average molecular weight is 418 g/mol. The van der Waals surface area contributed by atoms with Gasteiger partial charge in [-0.25, -0.2) is 15.0 Å². The second kappa shape index (κ2) is 9.70. The van der Waals surface area contributed by atoms with E-state index in [0.29, 0.717) is 29.9 Å². The quantitative estimate of drug-likeness (QED) is 0.172. The van der Waals surface area contributed by atoms with Crippen LogP contribution in [0.3, 0.4) is 0 Å². The van der Waals surface area contributed by atoms with Crippen molar-refractivity contribution in [3.8, 4) is 0 Å². The summed E-state index contributed by atoms with van der Waals surface area (Å²) in [7, 11) is 3.96. The van der Waals surface area contributed by atoms with Gasteiger partial charge in [-0.2, -0.15) is 0 Å². The molecule has 1 aromatic rings. The first kappa shape index (κ1) is 21.8. The van der Waals surface area contributed by atoms with Crippen LogP contribution in [0.1, 0.15) is 38.4 Å². The van der Waals surface area contributed by atoms with E-state index >= 15 is 0 Å². The molecule has 1 unspecified atom stereocenters. The highest BCUT2D eigenvalue weighted by atomic mass is 16.6. The topological polar surface area (TPSA) is 137 Å². The van der Waals surface area contributed by atoms with Gasteiger partial charge in [-0.1, -0.05) is 16.7 Å². The molecule has 4 N–H and O–H groups in total. The average Bonchev–Trinajstić information content (AvgIpc) is 3.09. The Labute approximate surface area is 176 Å². The molecule has 1 saturated carbocycles. The van der Waals surface area contributed by atoms with Gasteiger partial charge in [-0.05, 0) is 39.4 Å². The third-order valence-electron chi connectivity index (χ3n) is 5.37. The van der Waals surface area contributed by atoms with Gasteiger partial charge in [0.1, 0.15) is 11.8 Å². The fraction of sp³-hybridized carbons (Fsp3) is 0.632. The lowest BCUT2D eigenvalue weighted by molar-refractivity contribution is 0.0597. The van der Waals surface area contributed by atoms with E-state index in [9.17, 15) is 0 Å². The van der Waals surface area contributed by atoms with Crippen LogP contribution < -0.4 is 16.0 Å². The second-order valence-electron chi connectivity index (χ2n) is 8.03. The van der Waals surface area contributed by atoms with E-state index < -0.39 is 0 Å². The van der Waals surface area contributed by atoms with E-state index in [1.165, 1.54) is 19.3 Å². The highest BCUT2D eigenvalue weighted by Crippen LogP contribution is 2.34. The molecule has 1 aliphatic heterocycles. The molecule has 0 spiro atoms. The Kier molecular flexibility index (Phi) is 7.03. The number of nitrogens with zero attached hydrogens (tertiary/aromatic N) is 7. The zero-order chi connectivity index (χ0) is 21.7. The van der Waals surface area contributed by atoms with Crippen molar-refractivity contribution in [1.29, 1.82) is 0 Å². The molecule has 1 atom stereocenters. The second-order valence-corrected chi connectivity index (χ2v) is 8.03. The van der Waals surface area contributed by atoms with Gasteiger partial charge in [0.25, 0.3) is 0 Å². The minimum atomic E-state index is -0.174. The SMILES string of the molecule is C=Nc1nc(/C(N)=N/O)nc(NCC2CCC2)c1N(C)CN(C)CC1CC(C)=NO1. The van der Waals surface area contributed by atoms with Gasteiger partial charge >= 0.3 is 0 Å². The molecular weight excluding hydrogens is 386 g/mol. The normalized spacial score (nSPS) is 19.3. The van der Waals surface area contributed by atoms with Gasteiger partial charge in [0.15, 0.2) is 11.6 Å². The Morgan fingerprint density at radius 1 is 1.37 bits per heavy atom. The number of oxime groups is 2. The lowest BCUT2D eigenvalue weighted by atomic mass is 9.85. The van der Waals surface area contributed by atoms with Crippen LogP contribution in [0.15, 0.2) is 15.3 Å². The highest BCUT2D eigenvalue weighted by Gasteiger charge is 2.24. The van der Waals surface area contributed by atoms with Crippen molar-refractivity contribution in [2.75, 3.05) is 44.1 Å². The first-order chi connectivity index (χ1) is 14.4. The number of nitrogens with one attached hydrogen (secondary N) is 1. The van der Waals surface area contributed by atoms with Crippen molar-refractivity contribution in [2.45, 2.75) is 38.7 Å². The van der Waals surface area contributed by atoms with Crippen LogP contribution in [0.25, 0.3) is 0 Å². The smallest absolute Gasteiger partial charge is 0.208 e. The Hall–Kier alpha value is -2.95. The Balaban J connectivity index is 1.79. The fourth-order valence-corrected chi connectivity index (χ4v) is 3.63. The summed E-state index contributed by atoms with van der Waals surface area (Å²) in [5.41, 5.74) is 7.45. The number of aliphatic imine (C=N–C) groups is 1. The molecule has 0 bridgehead atoms. The molecular formula is C19H31N9O2. The van der Waals surface area contributed by atoms with Crippen molar-refractivity contribution in [2.24, 2.45) is 27.0 Å². The monoisotopic (exact) mass is 417 g/mol. The van der Waals surface area contributed by atoms with Gasteiger partial charge in [0.05, 0.1) is 12.4 Å². The predicted octanol–water partition coefficient (Wildman–Crippen LogP) is 1.61. The molecule has 1 aromatic heterocycles. The van der Waals surface area contributed by atoms with Crippen LogP contribution in [-0.4, -0.2) is 78.3 Å². The molecule has 2 heterocycles. The van der Waals surface area contributed by atoms with E-state index in [2.05, 4.69) is 42.2 Å². The summed E-state index contributed by atoms with van der Waals surface area (Å²) in [6, 6.07) is 0. The lowest BCUT2D eigenvalue weighted by Crippen LogP contribution is -2.38. The molecule has 1 fully saturated rings. The van der Waals surface area contributed by atoms with Crippen LogP contribution in [0, 0.1) is 5.92 Å². The Bertz CT molecular complexity index is 822. The lowest BCUT2D eigenvalue weighted by Gasteiger charge is -2.30. The first-order valence-corrected chi connectivity index (χ1v) is 10.1. The summed E-state index contributed by atoms with van der Waals surface area (Å²) in [6.07, 6.45) is 4.55. The molecule has 164 valence electrons. The van der Waals surface area contributed by atoms with Crippen LogP contribution in [-0.2, 0) is 4.84 Å². The van der Waals surface area contributed by atoms with Gasteiger partial charge in [0, 0.05) is 26.6 Å². The maximum Gasteiger partial charge on any atom is 0.208 e. The largest absolute Gasteiger partial charge is 0.409 e. The van der Waals surface area contributed by atoms with E-state index in [-0.39, 0.29) is 17.8 Å². The molecule has 2 aliphatic rings. The molecule has 0 radical (unpaired) electrons. The molecule has 0 amide bonds. The van der Waals surface area contributed by atoms with Crippen molar-refractivity contribution in [1.82, 2.24) is 14.9 Å². The van der Waals surface area contributed by atoms with Gasteiger partial charge in [-0.15, -0.1) is 0 Å². The van der Waals surface area contributed by atoms with Crippen LogP contribution in [0.4, 0.5) is 17.3 Å². The molecule has 0 saturated heterocycles. The highest BCUT2D eigenvalue weighted by molar-refractivity contribution is 5.95. The summed E-state index contributed by atoms with van der Waals surface area (Å²) in [5.74, 6) is 1.51. The fourth-order valence-electron chi connectivity index (χ4n) is 3.63. The molecule has 11 heteroatoms. The van der Waals surface area contributed by atoms with E-state index in [1.54, 1.807) is 0 Å². The zero-order valence-corrected chi connectivity index (χ0v) is 17.9. The maximum absolute atomic E-state index is 9.04. The van der Waals surface area contributed by atoms with E-state index in [0.717, 1.165) is 25.2 Å². The summed E-state index contributed by atoms with van der Waals surface area (Å²) in [5, 5.41) is 19.5. The minimum absolute atomic E-state index is 0.0517. The molecule has 0 aromatic carbocycles. The van der Waals surface area contributed by atoms with Crippen molar-refractivity contribution >= 4 is 35.6 Å². The molecule has 30 heavy (non-hydrogen) atoms. The minimum Gasteiger partial charge on any atom is -0.409 e. The Morgan fingerprint density at radius 2 is 2.13 bits per heavy atom. The molecule has 3 rings (SSSR count). The molecule has 11 nitrogen and oxygen atoms in total. The number of likely N-dealkylation sites (N-methyl/N-ethyl adjacent to an activating group) is 1. The first-order valence-electron chi connectivity index (χ1n) is 10.1. The van der Waals surface area contributed by atoms with Gasteiger partial charge in [-0.3, -0.25) is 4.90 Å². The number of hydrogen-bond donors (Lipinski definition) is 3. The van der Waals surface area contributed by atoms with Crippen molar-refractivity contribution in [3.05, 3.63) is 5.82 Å². The van der Waals surface area contributed by atoms with Crippen LogP contribution >= 0.6 is 0 Å². The predicted molar refractivity (Wildman–Crippen MR) is 118 cm³/mol. The number of amidine groups is 1. The van der Waals surface area contributed by atoms with Gasteiger partial charge < -0.3 is 26.0 Å². The van der Waals surface area contributed by atoms with Crippen molar-refractivity contribution in [3.63, 3.8) is 0 Å². The molecule has 1 aliphatic carbocycles.